The minimum Gasteiger partial charge on any atom is -0.439 e. The molecule has 0 radical (unpaired) electrons. The van der Waals surface area contributed by atoms with Gasteiger partial charge >= 0.3 is 0 Å². The van der Waals surface area contributed by atoms with Crippen LogP contribution in [-0.4, -0.2) is 35.9 Å². The summed E-state index contributed by atoms with van der Waals surface area (Å²) >= 11 is 0. The number of benzene rings is 2. The Morgan fingerprint density at radius 1 is 1.10 bits per heavy atom. The zero-order valence-corrected chi connectivity index (χ0v) is 19.2. The Bertz CT molecular complexity index is 979. The first-order valence-corrected chi connectivity index (χ1v) is 11.4. The van der Waals surface area contributed by atoms with Crippen LogP contribution in [-0.2, 0) is 4.79 Å². The highest BCUT2D eigenvalue weighted by Crippen LogP contribution is 2.28. The van der Waals surface area contributed by atoms with Crippen molar-refractivity contribution in [3.63, 3.8) is 0 Å². The predicted molar refractivity (Wildman–Crippen MR) is 127 cm³/mol. The summed E-state index contributed by atoms with van der Waals surface area (Å²) in [5, 5.41) is 6.05. The first-order chi connectivity index (χ1) is 15.0. The number of carbonyl (C=O) groups excluding carboxylic acids is 1. The maximum atomic E-state index is 11.5. The lowest BCUT2D eigenvalue weighted by Gasteiger charge is -2.26. The lowest BCUT2D eigenvalue weighted by atomic mass is 10.0. The van der Waals surface area contributed by atoms with Crippen molar-refractivity contribution in [3.05, 3.63) is 54.6 Å². The monoisotopic (exact) mass is 421 g/mol. The largest absolute Gasteiger partial charge is 0.439 e. The van der Waals surface area contributed by atoms with Crippen LogP contribution in [0.15, 0.2) is 53.1 Å². The van der Waals surface area contributed by atoms with Gasteiger partial charge in [0.05, 0.1) is 18.4 Å². The Morgan fingerprint density at radius 2 is 1.87 bits per heavy atom. The van der Waals surface area contributed by atoms with Crippen molar-refractivity contribution in [2.45, 2.75) is 64.6 Å². The van der Waals surface area contributed by atoms with Crippen molar-refractivity contribution in [1.82, 2.24) is 15.2 Å². The predicted octanol–water partition coefficient (Wildman–Crippen LogP) is 5.96. The van der Waals surface area contributed by atoms with Gasteiger partial charge in [0, 0.05) is 18.4 Å². The van der Waals surface area contributed by atoms with Crippen LogP contribution in [0.2, 0.25) is 0 Å². The highest BCUT2D eigenvalue weighted by molar-refractivity contribution is 5.86. The molecule has 1 unspecified atom stereocenters. The fourth-order valence-corrected chi connectivity index (χ4v) is 3.67. The van der Waals surface area contributed by atoms with Crippen LogP contribution >= 0.6 is 0 Å². The van der Waals surface area contributed by atoms with Gasteiger partial charge in [0.2, 0.25) is 5.89 Å². The maximum absolute atomic E-state index is 11.5. The van der Waals surface area contributed by atoms with Crippen molar-refractivity contribution < 1.29 is 9.21 Å². The Kier molecular flexibility index (Phi) is 8.38. The Morgan fingerprint density at radius 3 is 2.61 bits per heavy atom. The third-order valence-electron chi connectivity index (χ3n) is 5.92. The average Bonchev–Trinajstić information content (AvgIpc) is 3.27. The molecule has 1 aromatic heterocycles. The molecule has 1 heterocycles. The zero-order valence-electron chi connectivity index (χ0n) is 19.2. The molecular formula is C26H35N3O2. The van der Waals surface area contributed by atoms with Gasteiger partial charge in [0.1, 0.15) is 5.78 Å². The SMILES string of the molecule is CCC(=O)CCCCC[C@H](NC(C)N(C)C)c1ncc(-c2ccc3ccccc3c2)o1. The number of fused-ring (bicyclic) bond motifs is 1. The second-order valence-electron chi connectivity index (χ2n) is 8.48. The number of nitrogens with one attached hydrogen (secondary N) is 1. The molecule has 1 N–H and O–H groups in total. The molecule has 0 bridgehead atoms. The molecular weight excluding hydrogens is 386 g/mol. The third-order valence-corrected chi connectivity index (χ3v) is 5.92. The fraction of sp³-hybridized carbons (Fsp3) is 0.462. The minimum atomic E-state index is 0.0356. The van der Waals surface area contributed by atoms with E-state index in [-0.39, 0.29) is 12.2 Å². The summed E-state index contributed by atoms with van der Waals surface area (Å²) in [5.41, 5.74) is 1.04. The molecule has 0 fully saturated rings. The van der Waals surface area contributed by atoms with Gasteiger partial charge in [0.25, 0.3) is 0 Å². The molecule has 0 aliphatic heterocycles. The molecule has 3 rings (SSSR count). The minimum absolute atomic E-state index is 0.0356. The summed E-state index contributed by atoms with van der Waals surface area (Å²) in [6, 6.07) is 14.7. The third kappa shape index (κ3) is 6.49. The topological polar surface area (TPSA) is 58.4 Å². The molecule has 0 amide bonds. The lowest BCUT2D eigenvalue weighted by molar-refractivity contribution is -0.118. The Hall–Kier alpha value is -2.50. The lowest BCUT2D eigenvalue weighted by Crippen LogP contribution is -2.41. The van der Waals surface area contributed by atoms with Crippen LogP contribution in [0.25, 0.3) is 22.1 Å². The van der Waals surface area contributed by atoms with E-state index in [0.717, 1.165) is 42.9 Å². The second-order valence-corrected chi connectivity index (χ2v) is 8.48. The number of aromatic nitrogens is 1. The summed E-state index contributed by atoms with van der Waals surface area (Å²) in [7, 11) is 4.11. The first-order valence-electron chi connectivity index (χ1n) is 11.4. The normalized spacial score (nSPS) is 13.6. The van der Waals surface area contributed by atoms with Gasteiger partial charge < -0.3 is 4.42 Å². The molecule has 3 aromatic rings. The summed E-state index contributed by atoms with van der Waals surface area (Å²) in [6.07, 6.45) is 7.30. The van der Waals surface area contributed by atoms with Crippen LogP contribution in [0.1, 0.15) is 64.3 Å². The quantitative estimate of drug-likeness (QED) is 0.289. The highest BCUT2D eigenvalue weighted by atomic mass is 16.4. The van der Waals surface area contributed by atoms with Gasteiger partial charge in [-0.1, -0.05) is 56.2 Å². The fourth-order valence-electron chi connectivity index (χ4n) is 3.67. The number of unbranched alkanes of at least 4 members (excludes halogenated alkanes) is 2. The van der Waals surface area contributed by atoms with E-state index in [4.69, 9.17) is 4.42 Å². The molecule has 0 aliphatic carbocycles. The zero-order chi connectivity index (χ0) is 22.2. The second kappa shape index (κ2) is 11.2. The molecule has 0 saturated heterocycles. The van der Waals surface area contributed by atoms with E-state index >= 15 is 0 Å². The summed E-state index contributed by atoms with van der Waals surface area (Å²) in [6.45, 7) is 4.07. The Balaban J connectivity index is 1.70. The number of oxazole rings is 1. The van der Waals surface area contributed by atoms with Crippen LogP contribution in [0.3, 0.4) is 0 Å². The van der Waals surface area contributed by atoms with Crippen molar-refractivity contribution >= 4 is 16.6 Å². The number of hydrogen-bond acceptors (Lipinski definition) is 5. The number of rotatable bonds is 12. The molecule has 0 spiro atoms. The molecule has 5 heteroatoms. The average molecular weight is 422 g/mol. The molecule has 31 heavy (non-hydrogen) atoms. The number of carbonyl (C=O) groups is 1. The van der Waals surface area contributed by atoms with E-state index in [1.807, 2.05) is 13.1 Å². The van der Waals surface area contributed by atoms with Gasteiger partial charge in [-0.15, -0.1) is 0 Å². The van der Waals surface area contributed by atoms with Gasteiger partial charge in [0.15, 0.2) is 5.76 Å². The van der Waals surface area contributed by atoms with Crippen LogP contribution in [0.5, 0.6) is 0 Å². The van der Waals surface area contributed by atoms with Gasteiger partial charge in [-0.3, -0.25) is 15.0 Å². The molecule has 0 aliphatic rings. The molecule has 166 valence electrons. The maximum Gasteiger partial charge on any atom is 0.212 e. The van der Waals surface area contributed by atoms with Gasteiger partial charge in [-0.25, -0.2) is 4.98 Å². The van der Waals surface area contributed by atoms with E-state index < -0.39 is 0 Å². The number of ketones is 1. The van der Waals surface area contributed by atoms with Crippen LogP contribution < -0.4 is 5.32 Å². The summed E-state index contributed by atoms with van der Waals surface area (Å²) in [5.74, 6) is 1.86. The summed E-state index contributed by atoms with van der Waals surface area (Å²) < 4.78 is 6.23. The first kappa shape index (κ1) is 23.2. The van der Waals surface area contributed by atoms with Crippen molar-refractivity contribution in [1.29, 1.82) is 0 Å². The van der Waals surface area contributed by atoms with E-state index in [1.165, 1.54) is 10.8 Å². The molecule has 2 atom stereocenters. The number of Topliss-reactive ketones (excluding diaryl/α,β-unsaturated/α-hetero) is 1. The van der Waals surface area contributed by atoms with Crippen LogP contribution in [0.4, 0.5) is 0 Å². The number of nitrogens with zero attached hydrogens (tertiary/aromatic N) is 2. The van der Waals surface area contributed by atoms with Gasteiger partial charge in [-0.05, 0) is 50.7 Å². The van der Waals surface area contributed by atoms with Crippen molar-refractivity contribution in [3.8, 4) is 11.3 Å². The number of hydrogen-bond donors (Lipinski definition) is 1. The van der Waals surface area contributed by atoms with E-state index in [1.54, 1.807) is 0 Å². The van der Waals surface area contributed by atoms with Crippen molar-refractivity contribution in [2.75, 3.05) is 14.1 Å². The smallest absolute Gasteiger partial charge is 0.212 e. The van der Waals surface area contributed by atoms with Gasteiger partial charge in [-0.2, -0.15) is 0 Å². The van der Waals surface area contributed by atoms with E-state index in [0.29, 0.717) is 18.6 Å². The van der Waals surface area contributed by atoms with Crippen LogP contribution in [0, 0.1) is 0 Å². The Labute approximate surface area is 185 Å². The standard InChI is InChI=1S/C26H35N3O2/c1-5-23(30)13-7-6-8-14-24(28-19(2)29(3)4)26-27-18-25(31-26)22-16-15-20-11-9-10-12-21(20)17-22/h9-12,15-19,24,28H,5-8,13-14H2,1-4H3/t19?,24-/m0/s1. The van der Waals surface area contributed by atoms with E-state index in [9.17, 15) is 4.79 Å². The van der Waals surface area contributed by atoms with E-state index in [2.05, 4.69) is 78.7 Å². The molecule has 0 saturated carbocycles. The highest BCUT2D eigenvalue weighted by Gasteiger charge is 2.21. The van der Waals surface area contributed by atoms with Crippen molar-refractivity contribution in [2.24, 2.45) is 0 Å². The summed E-state index contributed by atoms with van der Waals surface area (Å²) in [4.78, 5) is 18.3. The molecule has 5 nitrogen and oxygen atoms in total. The molecule has 2 aromatic carbocycles.